The minimum atomic E-state index is 0.0573. The summed E-state index contributed by atoms with van der Waals surface area (Å²) in [5.41, 5.74) is 3.36. The zero-order valence-electron chi connectivity index (χ0n) is 16.5. The summed E-state index contributed by atoms with van der Waals surface area (Å²) < 4.78 is 5.85. The molecule has 1 aromatic carbocycles. The van der Waals surface area contributed by atoms with Crippen LogP contribution in [0.1, 0.15) is 36.6 Å². The Morgan fingerprint density at radius 1 is 1.15 bits per heavy atom. The van der Waals surface area contributed by atoms with Crippen LogP contribution in [-0.4, -0.2) is 53.5 Å². The van der Waals surface area contributed by atoms with Crippen molar-refractivity contribution in [2.45, 2.75) is 33.2 Å². The van der Waals surface area contributed by atoms with Gasteiger partial charge in [0.1, 0.15) is 5.75 Å². The molecule has 1 amide bonds. The summed E-state index contributed by atoms with van der Waals surface area (Å²) in [6.07, 6.45) is 1.82. The maximum Gasteiger partial charge on any atom is 0.260 e. The molecule has 0 saturated carbocycles. The Labute approximate surface area is 162 Å². The lowest BCUT2D eigenvalue weighted by Crippen LogP contribution is -2.49. The molecule has 144 valence electrons. The lowest BCUT2D eigenvalue weighted by Gasteiger charge is -2.34. The molecule has 5 heteroatoms. The Kier molecular flexibility index (Phi) is 6.45. The van der Waals surface area contributed by atoms with Gasteiger partial charge in [-0.3, -0.25) is 14.7 Å². The number of rotatable bonds is 6. The summed E-state index contributed by atoms with van der Waals surface area (Å²) in [5.74, 6) is 1.31. The Morgan fingerprint density at radius 3 is 2.59 bits per heavy atom. The summed E-state index contributed by atoms with van der Waals surface area (Å²) in [6, 6.07) is 12.2. The predicted octanol–water partition coefficient (Wildman–Crippen LogP) is 3.24. The number of amides is 1. The lowest BCUT2D eigenvalue weighted by molar-refractivity contribution is -0.135. The Balaban J connectivity index is 1.48. The number of carbonyl (C=O) groups excluding carboxylic acids is 1. The number of piperazine rings is 1. The molecule has 1 aromatic heterocycles. The van der Waals surface area contributed by atoms with Gasteiger partial charge in [0.05, 0.1) is 5.69 Å². The minimum absolute atomic E-state index is 0.0573. The zero-order valence-corrected chi connectivity index (χ0v) is 16.5. The first-order valence-electron chi connectivity index (χ1n) is 9.66. The average molecular weight is 367 g/mol. The zero-order chi connectivity index (χ0) is 19.2. The Bertz CT molecular complexity index is 753. The van der Waals surface area contributed by atoms with Gasteiger partial charge < -0.3 is 9.64 Å². The van der Waals surface area contributed by atoms with E-state index in [1.165, 1.54) is 5.56 Å². The van der Waals surface area contributed by atoms with Crippen molar-refractivity contribution in [1.29, 1.82) is 0 Å². The van der Waals surface area contributed by atoms with Gasteiger partial charge in [-0.25, -0.2) is 0 Å². The largest absolute Gasteiger partial charge is 0.483 e. The van der Waals surface area contributed by atoms with Gasteiger partial charge in [0.25, 0.3) is 5.91 Å². The Hall–Kier alpha value is -2.40. The molecular weight excluding hydrogens is 338 g/mol. The number of benzene rings is 1. The molecule has 0 N–H and O–H groups in total. The van der Waals surface area contributed by atoms with Crippen molar-refractivity contribution in [3.05, 3.63) is 59.4 Å². The van der Waals surface area contributed by atoms with Crippen LogP contribution in [0.2, 0.25) is 0 Å². The number of carbonyl (C=O) groups is 1. The number of nitrogens with zero attached hydrogens (tertiary/aromatic N) is 3. The van der Waals surface area contributed by atoms with E-state index in [1.54, 1.807) is 0 Å². The summed E-state index contributed by atoms with van der Waals surface area (Å²) in [5, 5.41) is 0. The second-order valence-electron chi connectivity index (χ2n) is 7.45. The molecule has 0 atom stereocenters. The molecule has 0 spiro atoms. The first-order valence-corrected chi connectivity index (χ1v) is 9.66. The van der Waals surface area contributed by atoms with Crippen LogP contribution < -0.4 is 4.74 Å². The molecule has 1 aliphatic rings. The number of pyridine rings is 1. The van der Waals surface area contributed by atoms with Gasteiger partial charge in [0.2, 0.25) is 0 Å². The van der Waals surface area contributed by atoms with Crippen molar-refractivity contribution < 1.29 is 9.53 Å². The van der Waals surface area contributed by atoms with E-state index in [0.29, 0.717) is 5.92 Å². The smallest absolute Gasteiger partial charge is 0.260 e. The van der Waals surface area contributed by atoms with Gasteiger partial charge in [-0.15, -0.1) is 0 Å². The normalized spacial score (nSPS) is 15.2. The third kappa shape index (κ3) is 5.30. The highest BCUT2D eigenvalue weighted by atomic mass is 16.5. The number of hydrogen-bond donors (Lipinski definition) is 0. The molecule has 0 aliphatic carbocycles. The van der Waals surface area contributed by atoms with Gasteiger partial charge in [-0.1, -0.05) is 32.0 Å². The van der Waals surface area contributed by atoms with Crippen molar-refractivity contribution >= 4 is 5.91 Å². The topological polar surface area (TPSA) is 45.7 Å². The maximum atomic E-state index is 12.5. The van der Waals surface area contributed by atoms with E-state index in [2.05, 4.69) is 41.9 Å². The van der Waals surface area contributed by atoms with Crippen LogP contribution in [-0.2, 0) is 11.3 Å². The number of ether oxygens (including phenoxy) is 1. The van der Waals surface area contributed by atoms with Crippen molar-refractivity contribution in [3.8, 4) is 5.75 Å². The van der Waals surface area contributed by atoms with E-state index in [1.807, 2.05) is 36.2 Å². The van der Waals surface area contributed by atoms with Gasteiger partial charge in [-0.2, -0.15) is 0 Å². The minimum Gasteiger partial charge on any atom is -0.483 e. The average Bonchev–Trinajstić information content (AvgIpc) is 2.68. The summed E-state index contributed by atoms with van der Waals surface area (Å²) in [6.45, 7) is 10.5. The van der Waals surface area contributed by atoms with Crippen molar-refractivity contribution in [2.75, 3.05) is 32.8 Å². The fourth-order valence-corrected chi connectivity index (χ4v) is 3.24. The molecule has 2 heterocycles. The van der Waals surface area contributed by atoms with Gasteiger partial charge in [0.15, 0.2) is 6.61 Å². The molecular formula is C22H29N3O2. The van der Waals surface area contributed by atoms with Crippen LogP contribution in [0.4, 0.5) is 0 Å². The van der Waals surface area contributed by atoms with Crippen LogP contribution in [0.5, 0.6) is 5.75 Å². The highest BCUT2D eigenvalue weighted by molar-refractivity contribution is 5.78. The molecule has 1 saturated heterocycles. The van der Waals surface area contributed by atoms with E-state index in [-0.39, 0.29) is 12.5 Å². The van der Waals surface area contributed by atoms with E-state index in [9.17, 15) is 4.79 Å². The molecule has 0 bridgehead atoms. The molecule has 27 heavy (non-hydrogen) atoms. The quantitative estimate of drug-likeness (QED) is 0.786. The second-order valence-corrected chi connectivity index (χ2v) is 7.45. The first kappa shape index (κ1) is 19.4. The monoisotopic (exact) mass is 367 g/mol. The van der Waals surface area contributed by atoms with Gasteiger partial charge >= 0.3 is 0 Å². The van der Waals surface area contributed by atoms with Crippen molar-refractivity contribution in [2.24, 2.45) is 0 Å². The van der Waals surface area contributed by atoms with Crippen LogP contribution in [0.15, 0.2) is 42.6 Å². The molecule has 3 rings (SSSR count). The predicted molar refractivity (Wildman–Crippen MR) is 107 cm³/mol. The van der Waals surface area contributed by atoms with Crippen LogP contribution in [0, 0.1) is 6.92 Å². The fourth-order valence-electron chi connectivity index (χ4n) is 3.24. The molecule has 0 unspecified atom stereocenters. The van der Waals surface area contributed by atoms with Crippen LogP contribution in [0.3, 0.4) is 0 Å². The highest BCUT2D eigenvalue weighted by Gasteiger charge is 2.21. The Morgan fingerprint density at radius 2 is 1.93 bits per heavy atom. The van der Waals surface area contributed by atoms with E-state index < -0.39 is 0 Å². The standard InChI is InChI=1S/C22H29N3O2/c1-17(2)19-8-7-18(3)21(14-19)27-16-22(26)25-12-10-24(11-13-25)15-20-6-4-5-9-23-20/h4-9,14,17H,10-13,15-16H2,1-3H3. The molecule has 1 aliphatic heterocycles. The summed E-state index contributed by atoms with van der Waals surface area (Å²) in [4.78, 5) is 21.1. The summed E-state index contributed by atoms with van der Waals surface area (Å²) in [7, 11) is 0. The van der Waals surface area contributed by atoms with Crippen LogP contribution in [0.25, 0.3) is 0 Å². The molecule has 0 radical (unpaired) electrons. The number of hydrogen-bond acceptors (Lipinski definition) is 4. The van der Waals surface area contributed by atoms with Gasteiger partial charge in [-0.05, 0) is 42.2 Å². The third-order valence-corrected chi connectivity index (χ3v) is 5.07. The molecule has 5 nitrogen and oxygen atoms in total. The van der Waals surface area contributed by atoms with E-state index >= 15 is 0 Å². The number of aryl methyl sites for hydroxylation is 1. The van der Waals surface area contributed by atoms with E-state index in [4.69, 9.17) is 4.74 Å². The second kappa shape index (κ2) is 9.00. The lowest BCUT2D eigenvalue weighted by atomic mass is 10.0. The fraction of sp³-hybridized carbons (Fsp3) is 0.455. The maximum absolute atomic E-state index is 12.5. The highest BCUT2D eigenvalue weighted by Crippen LogP contribution is 2.24. The number of aromatic nitrogens is 1. The molecule has 2 aromatic rings. The summed E-state index contributed by atoms with van der Waals surface area (Å²) >= 11 is 0. The first-order chi connectivity index (χ1) is 13.0. The van der Waals surface area contributed by atoms with E-state index in [0.717, 1.165) is 49.7 Å². The van der Waals surface area contributed by atoms with Crippen LogP contribution >= 0.6 is 0 Å². The van der Waals surface area contributed by atoms with Crippen molar-refractivity contribution in [3.63, 3.8) is 0 Å². The molecule has 1 fully saturated rings. The SMILES string of the molecule is Cc1ccc(C(C)C)cc1OCC(=O)N1CCN(Cc2ccccn2)CC1. The van der Waals surface area contributed by atoms with Gasteiger partial charge in [0, 0.05) is 38.9 Å². The van der Waals surface area contributed by atoms with Crippen molar-refractivity contribution in [1.82, 2.24) is 14.8 Å². The third-order valence-electron chi connectivity index (χ3n) is 5.07.